The first-order chi connectivity index (χ1) is 17.5. The number of hydrogen-bond acceptors (Lipinski definition) is 3. The van der Waals surface area contributed by atoms with E-state index >= 15 is 0 Å². The second-order valence-corrected chi connectivity index (χ2v) is 12.1. The Labute approximate surface area is 218 Å². The second kappa shape index (κ2) is 7.37. The van der Waals surface area contributed by atoms with E-state index in [-0.39, 0.29) is 23.7 Å². The quantitative estimate of drug-likeness (QED) is 0.238. The first kappa shape index (κ1) is 22.8. The van der Waals surface area contributed by atoms with Crippen molar-refractivity contribution in [2.24, 2.45) is 0 Å². The minimum Gasteiger partial charge on any atom is -0.456 e. The summed E-state index contributed by atoms with van der Waals surface area (Å²) >= 11 is 0. The molecule has 0 spiro atoms. The molecule has 37 heavy (non-hydrogen) atoms. The van der Waals surface area contributed by atoms with E-state index in [1.165, 1.54) is 44.2 Å². The Morgan fingerprint density at radius 2 is 1.27 bits per heavy atom. The fourth-order valence-electron chi connectivity index (χ4n) is 5.98. The number of benzene rings is 4. The van der Waals surface area contributed by atoms with Gasteiger partial charge in [0.15, 0.2) is 0 Å². The molecule has 0 saturated carbocycles. The molecule has 0 unspecified atom stereocenters. The molecule has 2 heterocycles. The molecule has 4 aromatic carbocycles. The first-order valence-electron chi connectivity index (χ1n) is 13.1. The highest BCUT2D eigenvalue weighted by Crippen LogP contribution is 2.51. The highest BCUT2D eigenvalue weighted by atomic mass is 16.7. The lowest BCUT2D eigenvalue weighted by molar-refractivity contribution is 0.00578. The summed E-state index contributed by atoms with van der Waals surface area (Å²) in [5.74, 6) is 0. The topological polar surface area (TPSA) is 31.6 Å². The van der Waals surface area contributed by atoms with E-state index in [4.69, 9.17) is 13.7 Å². The SMILES string of the molecule is CC1(C)c2cc(-c3cccc(B4OC(C)(C)C(C)(C)O4)c3)ccc2-c2cc3c(cc21)oc1ccccc13. The smallest absolute Gasteiger partial charge is 0.456 e. The van der Waals surface area contributed by atoms with E-state index in [0.29, 0.717) is 0 Å². The molecular weight excluding hydrogens is 455 g/mol. The van der Waals surface area contributed by atoms with Crippen LogP contribution in [0.1, 0.15) is 52.7 Å². The summed E-state index contributed by atoms with van der Waals surface area (Å²) in [5.41, 5.74) is 9.73. The molecule has 1 aliphatic heterocycles. The van der Waals surface area contributed by atoms with Crippen molar-refractivity contribution in [1.82, 2.24) is 0 Å². The van der Waals surface area contributed by atoms with Crippen LogP contribution in [0.4, 0.5) is 0 Å². The maximum Gasteiger partial charge on any atom is 0.494 e. The Hall–Kier alpha value is -3.34. The lowest BCUT2D eigenvalue weighted by atomic mass is 9.77. The Morgan fingerprint density at radius 1 is 0.568 bits per heavy atom. The maximum absolute atomic E-state index is 6.32. The van der Waals surface area contributed by atoms with Crippen molar-refractivity contribution in [2.75, 3.05) is 0 Å². The molecule has 4 heteroatoms. The molecule has 0 N–H and O–H groups in total. The maximum atomic E-state index is 6.32. The van der Waals surface area contributed by atoms with Gasteiger partial charge < -0.3 is 13.7 Å². The molecule has 0 radical (unpaired) electrons. The highest BCUT2D eigenvalue weighted by Gasteiger charge is 2.51. The number of furan rings is 1. The molecule has 0 atom stereocenters. The van der Waals surface area contributed by atoms with Crippen LogP contribution in [0.25, 0.3) is 44.2 Å². The van der Waals surface area contributed by atoms with Gasteiger partial charge >= 0.3 is 7.12 Å². The van der Waals surface area contributed by atoms with E-state index in [1.807, 2.05) is 12.1 Å². The Bertz CT molecular complexity index is 1710. The Kier molecular flexibility index (Phi) is 4.55. The first-order valence-corrected chi connectivity index (χ1v) is 13.1. The largest absolute Gasteiger partial charge is 0.494 e. The number of rotatable bonds is 2. The van der Waals surface area contributed by atoms with Gasteiger partial charge in [-0.3, -0.25) is 0 Å². The molecule has 5 aromatic rings. The normalized spacial score (nSPS) is 18.9. The summed E-state index contributed by atoms with van der Waals surface area (Å²) < 4.78 is 18.9. The summed E-state index contributed by atoms with van der Waals surface area (Å²) in [6, 6.07) is 28.3. The van der Waals surface area contributed by atoms with Crippen molar-refractivity contribution in [1.29, 1.82) is 0 Å². The molecule has 1 aliphatic carbocycles. The molecule has 0 bridgehead atoms. The molecule has 1 fully saturated rings. The molecule has 7 rings (SSSR count). The van der Waals surface area contributed by atoms with Crippen molar-refractivity contribution in [3.05, 3.63) is 90.0 Å². The average Bonchev–Trinajstić information content (AvgIpc) is 3.42. The molecule has 1 aromatic heterocycles. The lowest BCUT2D eigenvalue weighted by Crippen LogP contribution is -2.41. The summed E-state index contributed by atoms with van der Waals surface area (Å²) in [4.78, 5) is 0. The number of para-hydroxylation sites is 1. The summed E-state index contributed by atoms with van der Waals surface area (Å²) in [7, 11) is -0.370. The monoisotopic (exact) mass is 486 g/mol. The summed E-state index contributed by atoms with van der Waals surface area (Å²) in [6.07, 6.45) is 0. The molecule has 2 aliphatic rings. The van der Waals surface area contributed by atoms with Gasteiger partial charge in [0.1, 0.15) is 11.2 Å². The van der Waals surface area contributed by atoms with Gasteiger partial charge in [0.05, 0.1) is 11.2 Å². The lowest BCUT2D eigenvalue weighted by Gasteiger charge is -2.32. The Balaban J connectivity index is 1.31. The van der Waals surface area contributed by atoms with Gasteiger partial charge in [0.25, 0.3) is 0 Å². The summed E-state index contributed by atoms with van der Waals surface area (Å²) in [6.45, 7) is 13.0. The van der Waals surface area contributed by atoms with Gasteiger partial charge in [0, 0.05) is 16.2 Å². The highest BCUT2D eigenvalue weighted by molar-refractivity contribution is 6.62. The third kappa shape index (κ3) is 3.22. The van der Waals surface area contributed by atoms with Crippen molar-refractivity contribution >= 4 is 34.5 Å². The number of hydrogen-bond donors (Lipinski definition) is 0. The minimum absolute atomic E-state index is 0.128. The van der Waals surface area contributed by atoms with Gasteiger partial charge in [-0.25, -0.2) is 0 Å². The van der Waals surface area contributed by atoms with E-state index in [0.717, 1.165) is 16.6 Å². The number of fused-ring (bicyclic) bond motifs is 6. The average molecular weight is 486 g/mol. The zero-order valence-corrected chi connectivity index (χ0v) is 22.3. The van der Waals surface area contributed by atoms with Gasteiger partial charge in [-0.15, -0.1) is 0 Å². The minimum atomic E-state index is -0.370. The summed E-state index contributed by atoms with van der Waals surface area (Å²) in [5, 5.41) is 2.35. The zero-order valence-electron chi connectivity index (χ0n) is 22.3. The third-order valence-corrected chi connectivity index (χ3v) is 8.92. The van der Waals surface area contributed by atoms with Crippen LogP contribution in [-0.2, 0) is 14.7 Å². The van der Waals surface area contributed by atoms with Crippen LogP contribution in [0.2, 0.25) is 0 Å². The van der Waals surface area contributed by atoms with Crippen LogP contribution >= 0.6 is 0 Å². The van der Waals surface area contributed by atoms with E-state index in [2.05, 4.69) is 108 Å². The zero-order chi connectivity index (χ0) is 25.7. The third-order valence-electron chi connectivity index (χ3n) is 8.92. The van der Waals surface area contributed by atoms with Crippen molar-refractivity contribution in [2.45, 2.75) is 58.2 Å². The van der Waals surface area contributed by atoms with Gasteiger partial charge in [0.2, 0.25) is 0 Å². The fourth-order valence-corrected chi connectivity index (χ4v) is 5.98. The second-order valence-electron chi connectivity index (χ2n) is 12.1. The molecule has 184 valence electrons. The van der Waals surface area contributed by atoms with Crippen LogP contribution < -0.4 is 5.46 Å². The Morgan fingerprint density at radius 3 is 2.05 bits per heavy atom. The van der Waals surface area contributed by atoms with Crippen LogP contribution in [0.3, 0.4) is 0 Å². The van der Waals surface area contributed by atoms with E-state index in [9.17, 15) is 0 Å². The molecular formula is C33H31BO3. The van der Waals surface area contributed by atoms with Gasteiger partial charge in [-0.1, -0.05) is 68.4 Å². The predicted molar refractivity (Wildman–Crippen MR) is 152 cm³/mol. The fraction of sp³-hybridized carbons (Fsp3) is 0.273. The standard InChI is InChI=1S/C33H31BO3/c1-31(2)27-17-21(20-10-9-11-22(16-20)34-36-32(3,4)33(5,6)37-34)14-15-23(27)25-18-26-24-12-7-8-13-29(24)35-30(26)19-28(25)31/h7-19H,1-6H3. The van der Waals surface area contributed by atoms with Crippen LogP contribution in [-0.4, -0.2) is 18.3 Å². The van der Waals surface area contributed by atoms with E-state index < -0.39 is 0 Å². The molecule has 1 saturated heterocycles. The van der Waals surface area contributed by atoms with E-state index in [1.54, 1.807) is 0 Å². The van der Waals surface area contributed by atoms with Crippen molar-refractivity contribution < 1.29 is 13.7 Å². The van der Waals surface area contributed by atoms with Gasteiger partial charge in [-0.2, -0.15) is 0 Å². The van der Waals surface area contributed by atoms with Gasteiger partial charge in [-0.05, 0) is 90.8 Å². The molecule has 3 nitrogen and oxygen atoms in total. The van der Waals surface area contributed by atoms with Crippen molar-refractivity contribution in [3.8, 4) is 22.3 Å². The van der Waals surface area contributed by atoms with Crippen LogP contribution in [0.5, 0.6) is 0 Å². The predicted octanol–water partition coefficient (Wildman–Crippen LogP) is 7.86. The molecule has 0 amide bonds. The van der Waals surface area contributed by atoms with Crippen LogP contribution in [0, 0.1) is 0 Å². The van der Waals surface area contributed by atoms with Crippen LogP contribution in [0.15, 0.2) is 83.3 Å². The van der Waals surface area contributed by atoms with Crippen molar-refractivity contribution in [3.63, 3.8) is 0 Å².